The molecule has 0 aliphatic rings. The number of nitrogens with two attached hydrogens (primary N) is 1. The fourth-order valence-corrected chi connectivity index (χ4v) is 3.04. The van der Waals surface area contributed by atoms with Gasteiger partial charge in [-0.3, -0.25) is 23.4 Å². The van der Waals surface area contributed by atoms with Crippen molar-refractivity contribution in [3.05, 3.63) is 0 Å². The van der Waals surface area contributed by atoms with E-state index in [1.165, 1.54) is 12.8 Å². The second kappa shape index (κ2) is 16.2. The van der Waals surface area contributed by atoms with Crippen LogP contribution in [0.2, 0.25) is 0 Å². The number of aliphatic carboxylic acids is 1. The first-order chi connectivity index (χ1) is 14.1. The highest BCUT2D eigenvalue weighted by Gasteiger charge is 2.27. The van der Waals surface area contributed by atoms with Crippen LogP contribution < -0.4 is 5.73 Å². The third-order valence-corrected chi connectivity index (χ3v) is 4.86. The zero-order chi connectivity index (χ0) is 23.0. The van der Waals surface area contributed by atoms with E-state index >= 15 is 0 Å². The van der Waals surface area contributed by atoms with Gasteiger partial charge in [-0.1, -0.05) is 45.4 Å². The quantitative estimate of drug-likeness (QED) is 0.157. The maximum absolute atomic E-state index is 12.0. The Morgan fingerprint density at radius 1 is 0.967 bits per heavy atom. The standard InChI is InChI=1S/C18H34NO10P/c1-3-4-5-6-7-8-9-10-17(21)29-15(11-26-14(2)20)12-27-30(24,25)28-13-16(19)18(22)23/h15-16H,3-13,19H2,1-2H3,(H,22,23)(H,24,25). The third-order valence-electron chi connectivity index (χ3n) is 3.91. The zero-order valence-electron chi connectivity index (χ0n) is 17.6. The van der Waals surface area contributed by atoms with E-state index in [1.807, 2.05) is 0 Å². The Morgan fingerprint density at radius 3 is 2.10 bits per heavy atom. The highest BCUT2D eigenvalue weighted by Crippen LogP contribution is 2.43. The summed E-state index contributed by atoms with van der Waals surface area (Å²) in [6, 6.07) is -1.51. The van der Waals surface area contributed by atoms with Crippen LogP contribution in [0.5, 0.6) is 0 Å². The van der Waals surface area contributed by atoms with Crippen LogP contribution in [0.3, 0.4) is 0 Å². The van der Waals surface area contributed by atoms with Gasteiger partial charge >= 0.3 is 25.7 Å². The first kappa shape index (κ1) is 28.5. The fourth-order valence-electron chi connectivity index (χ4n) is 2.26. The molecule has 0 amide bonds. The Labute approximate surface area is 176 Å². The van der Waals surface area contributed by atoms with Gasteiger partial charge in [0.1, 0.15) is 12.6 Å². The number of carboxylic acid groups (broad SMARTS) is 1. The Morgan fingerprint density at radius 2 is 1.53 bits per heavy atom. The van der Waals surface area contributed by atoms with Gasteiger partial charge in [-0.15, -0.1) is 0 Å². The Hall–Kier alpha value is -1.52. The maximum atomic E-state index is 12.0. The SMILES string of the molecule is CCCCCCCCCC(=O)OC(COC(C)=O)COP(=O)(O)OCC(N)C(=O)O. The molecule has 0 heterocycles. The summed E-state index contributed by atoms with van der Waals surface area (Å²) in [5.74, 6) is -2.59. The van der Waals surface area contributed by atoms with E-state index in [4.69, 9.17) is 24.8 Å². The number of rotatable bonds is 18. The second-order valence-corrected chi connectivity index (χ2v) is 8.24. The van der Waals surface area contributed by atoms with Crippen molar-refractivity contribution in [2.75, 3.05) is 19.8 Å². The predicted octanol–water partition coefficient (Wildman–Crippen LogP) is 2.15. The van der Waals surface area contributed by atoms with E-state index in [0.29, 0.717) is 6.42 Å². The van der Waals surface area contributed by atoms with E-state index in [0.717, 1.165) is 32.6 Å². The van der Waals surface area contributed by atoms with Gasteiger partial charge in [0, 0.05) is 13.3 Å². The van der Waals surface area contributed by atoms with E-state index in [2.05, 4.69) is 11.4 Å². The van der Waals surface area contributed by atoms with Crippen LogP contribution in [0.25, 0.3) is 0 Å². The fraction of sp³-hybridized carbons (Fsp3) is 0.833. The number of unbranched alkanes of at least 4 members (excludes halogenated alkanes) is 6. The number of phosphoric acid groups is 1. The summed E-state index contributed by atoms with van der Waals surface area (Å²) in [5, 5.41) is 8.64. The van der Waals surface area contributed by atoms with Crippen molar-refractivity contribution in [1.82, 2.24) is 0 Å². The molecular weight excluding hydrogens is 421 g/mol. The van der Waals surface area contributed by atoms with Crippen molar-refractivity contribution in [2.45, 2.75) is 77.4 Å². The predicted molar refractivity (Wildman–Crippen MR) is 106 cm³/mol. The lowest BCUT2D eigenvalue weighted by Gasteiger charge is -2.20. The largest absolute Gasteiger partial charge is 0.480 e. The van der Waals surface area contributed by atoms with Crippen LogP contribution in [0.4, 0.5) is 0 Å². The van der Waals surface area contributed by atoms with Crippen molar-refractivity contribution in [2.24, 2.45) is 5.73 Å². The molecule has 176 valence electrons. The molecule has 0 saturated heterocycles. The average molecular weight is 455 g/mol. The Kier molecular flexibility index (Phi) is 15.4. The molecule has 0 saturated carbocycles. The minimum Gasteiger partial charge on any atom is -0.480 e. The van der Waals surface area contributed by atoms with Gasteiger partial charge in [-0.05, 0) is 6.42 Å². The second-order valence-electron chi connectivity index (χ2n) is 6.79. The van der Waals surface area contributed by atoms with Gasteiger partial charge in [-0.2, -0.15) is 0 Å². The molecule has 11 nitrogen and oxygen atoms in total. The minimum absolute atomic E-state index is 0.158. The first-order valence-electron chi connectivity index (χ1n) is 10.0. The summed E-state index contributed by atoms with van der Waals surface area (Å²) in [7, 11) is -4.65. The van der Waals surface area contributed by atoms with E-state index in [1.54, 1.807) is 0 Å². The van der Waals surface area contributed by atoms with E-state index in [-0.39, 0.29) is 13.0 Å². The Bertz CT molecular complexity index is 571. The molecule has 0 bridgehead atoms. The average Bonchev–Trinajstić information content (AvgIpc) is 2.67. The molecule has 12 heteroatoms. The lowest BCUT2D eigenvalue weighted by Crippen LogP contribution is -2.34. The molecule has 0 aromatic heterocycles. The molecule has 0 spiro atoms. The minimum atomic E-state index is -4.65. The number of ether oxygens (including phenoxy) is 2. The summed E-state index contributed by atoms with van der Waals surface area (Å²) >= 11 is 0. The van der Waals surface area contributed by atoms with Gasteiger partial charge in [0.2, 0.25) is 0 Å². The summed E-state index contributed by atoms with van der Waals surface area (Å²) in [6.45, 7) is 1.58. The summed E-state index contributed by atoms with van der Waals surface area (Å²) in [6.07, 6.45) is 6.22. The summed E-state index contributed by atoms with van der Waals surface area (Å²) in [4.78, 5) is 43.2. The highest BCUT2D eigenvalue weighted by atomic mass is 31.2. The molecule has 0 aliphatic carbocycles. The third kappa shape index (κ3) is 16.3. The van der Waals surface area contributed by atoms with E-state index < -0.39 is 51.1 Å². The molecule has 0 aliphatic heterocycles. The number of phosphoric ester groups is 1. The topological polar surface area (TPSA) is 172 Å². The summed E-state index contributed by atoms with van der Waals surface area (Å²) in [5.41, 5.74) is 5.18. The number of hydrogen-bond donors (Lipinski definition) is 3. The van der Waals surface area contributed by atoms with Crippen LogP contribution in [0, 0.1) is 0 Å². The molecule has 0 aromatic rings. The van der Waals surface area contributed by atoms with Crippen LogP contribution in [-0.4, -0.2) is 59.9 Å². The van der Waals surface area contributed by atoms with Crippen LogP contribution in [-0.2, 0) is 37.5 Å². The van der Waals surface area contributed by atoms with Crippen molar-refractivity contribution in [1.29, 1.82) is 0 Å². The lowest BCUT2D eigenvalue weighted by molar-refractivity contribution is -0.160. The molecule has 30 heavy (non-hydrogen) atoms. The van der Waals surface area contributed by atoms with Gasteiger partial charge < -0.3 is 25.2 Å². The number of carboxylic acids is 1. The van der Waals surface area contributed by atoms with Crippen LogP contribution in [0.1, 0.15) is 65.2 Å². The Balaban J connectivity index is 4.40. The van der Waals surface area contributed by atoms with Crippen LogP contribution >= 0.6 is 7.82 Å². The van der Waals surface area contributed by atoms with Gasteiger partial charge in [-0.25, -0.2) is 4.57 Å². The number of esters is 2. The van der Waals surface area contributed by atoms with Crippen LogP contribution in [0.15, 0.2) is 0 Å². The summed E-state index contributed by atoms with van der Waals surface area (Å²) < 4.78 is 30.9. The van der Waals surface area contributed by atoms with E-state index in [9.17, 15) is 23.8 Å². The zero-order valence-corrected chi connectivity index (χ0v) is 18.5. The maximum Gasteiger partial charge on any atom is 0.472 e. The van der Waals surface area contributed by atoms with Crippen molar-refractivity contribution >= 4 is 25.7 Å². The molecular formula is C18H34NO10P. The van der Waals surface area contributed by atoms with Gasteiger partial charge in [0.15, 0.2) is 6.10 Å². The lowest BCUT2D eigenvalue weighted by atomic mass is 10.1. The van der Waals surface area contributed by atoms with Crippen molar-refractivity contribution in [3.8, 4) is 0 Å². The number of hydrogen-bond acceptors (Lipinski definition) is 9. The molecule has 4 N–H and O–H groups in total. The van der Waals surface area contributed by atoms with Crippen molar-refractivity contribution < 1.29 is 47.5 Å². The molecule has 0 fully saturated rings. The number of carbonyl (C=O) groups is 3. The van der Waals surface area contributed by atoms with Gasteiger partial charge in [0.25, 0.3) is 0 Å². The molecule has 3 unspecified atom stereocenters. The monoisotopic (exact) mass is 455 g/mol. The molecule has 3 atom stereocenters. The highest BCUT2D eigenvalue weighted by molar-refractivity contribution is 7.47. The first-order valence-corrected chi connectivity index (χ1v) is 11.5. The normalized spacial score (nSPS) is 15.1. The molecule has 0 rings (SSSR count). The van der Waals surface area contributed by atoms with Crippen molar-refractivity contribution in [3.63, 3.8) is 0 Å². The number of carbonyl (C=O) groups excluding carboxylic acids is 2. The van der Waals surface area contributed by atoms with Gasteiger partial charge in [0.05, 0.1) is 13.2 Å². The molecule has 0 radical (unpaired) electrons. The molecule has 0 aromatic carbocycles. The smallest absolute Gasteiger partial charge is 0.472 e.